The molecule has 0 aliphatic heterocycles. The normalized spacial score (nSPS) is 25.5. The Morgan fingerprint density at radius 2 is 1.35 bits per heavy atom. The second-order valence-electron chi connectivity index (χ2n) is 18.0. The Hall–Kier alpha value is -2.78. The van der Waals surface area contributed by atoms with E-state index in [-0.39, 0.29) is 30.6 Å². The molecule has 4 aliphatic carbocycles. The van der Waals surface area contributed by atoms with Crippen LogP contribution in [0.3, 0.4) is 0 Å². The van der Waals surface area contributed by atoms with Gasteiger partial charge in [-0.05, 0) is 135 Å². The number of fused-ring (bicyclic) bond motifs is 5. The predicted molar refractivity (Wildman–Crippen MR) is 204 cm³/mol. The summed E-state index contributed by atoms with van der Waals surface area (Å²) in [5, 5.41) is 5.56. The molecule has 10 heteroatoms. The molecule has 0 heterocycles. The number of rotatable bonds is 17. The molecule has 0 spiro atoms. The molecule has 10 nitrogen and oxygen atoms in total. The molecule has 0 bridgehead atoms. The summed E-state index contributed by atoms with van der Waals surface area (Å²) in [7, 11) is 0. The summed E-state index contributed by atoms with van der Waals surface area (Å²) >= 11 is 0. The van der Waals surface area contributed by atoms with Crippen molar-refractivity contribution < 1.29 is 33.4 Å². The molecule has 4 aliphatic rings. The van der Waals surface area contributed by atoms with Gasteiger partial charge >= 0.3 is 18.2 Å². The van der Waals surface area contributed by atoms with Crippen LogP contribution in [0.1, 0.15) is 157 Å². The number of unbranched alkanes of at least 4 members (excludes halogenated alkanes) is 6. The van der Waals surface area contributed by atoms with E-state index in [4.69, 9.17) is 14.2 Å². The zero-order chi connectivity index (χ0) is 37.7. The summed E-state index contributed by atoms with van der Waals surface area (Å²) in [5.41, 5.74) is 0.466. The highest BCUT2D eigenvalue weighted by molar-refractivity contribution is 5.82. The van der Waals surface area contributed by atoms with Crippen molar-refractivity contribution in [3.8, 4) is 0 Å². The molecule has 3 amide bonds. The molecule has 296 valence electrons. The Balaban J connectivity index is 1.19. The minimum Gasteiger partial charge on any atom is -0.461 e. The summed E-state index contributed by atoms with van der Waals surface area (Å²) < 4.78 is 16.7. The van der Waals surface area contributed by atoms with Gasteiger partial charge < -0.3 is 29.7 Å². The van der Waals surface area contributed by atoms with Gasteiger partial charge in [0.1, 0.15) is 23.9 Å². The van der Waals surface area contributed by atoms with E-state index in [0.29, 0.717) is 44.8 Å². The van der Waals surface area contributed by atoms with Crippen LogP contribution < -0.4 is 10.6 Å². The van der Waals surface area contributed by atoms with Crippen LogP contribution in [0, 0.1) is 29.6 Å². The lowest BCUT2D eigenvalue weighted by Crippen LogP contribution is -2.42. The first-order valence-electron chi connectivity index (χ1n) is 20.8. The number of hydrogen-bond donors (Lipinski definition) is 2. The SMILES string of the molecule is CC(C)(C)OC(=O)NCCCCCCCCN(CC(=O)OC1CCC2C(=CCC3C4CCCC4CCC23)C1)C(=O)CCCCNC(=O)OC(C)(C)C. The summed E-state index contributed by atoms with van der Waals surface area (Å²) in [6.45, 7) is 12.6. The van der Waals surface area contributed by atoms with Gasteiger partial charge in [-0.2, -0.15) is 0 Å². The van der Waals surface area contributed by atoms with Crippen LogP contribution in [-0.2, 0) is 23.8 Å². The first-order valence-corrected chi connectivity index (χ1v) is 20.8. The highest BCUT2D eigenvalue weighted by Crippen LogP contribution is 2.56. The Bertz CT molecular complexity index is 1200. The van der Waals surface area contributed by atoms with E-state index in [0.717, 1.165) is 81.5 Å². The molecule has 52 heavy (non-hydrogen) atoms. The molecule has 0 saturated heterocycles. The van der Waals surface area contributed by atoms with Crippen molar-refractivity contribution in [3.63, 3.8) is 0 Å². The standard InChI is InChI=1S/C42H71N3O7/c1-41(2,3)51-39(48)43-25-12-9-7-8-10-14-27-45(37(46)18-11-13-26-44-40(49)52-42(4,5)6)29-38(47)50-32-21-24-34-31(28-32)20-23-35-33-17-15-16-30(33)19-22-36(34)35/h20,30,32-36H,7-19,21-29H2,1-6H3,(H,43,48)(H,44,49). The Labute approximate surface area is 314 Å². The first kappa shape index (κ1) is 42.0. The molecule has 0 aromatic carbocycles. The van der Waals surface area contributed by atoms with Crippen LogP contribution >= 0.6 is 0 Å². The van der Waals surface area contributed by atoms with Gasteiger partial charge in [-0.1, -0.05) is 50.2 Å². The lowest BCUT2D eigenvalue weighted by Gasteiger charge is -2.49. The fraction of sp³-hybridized carbons (Fsp3) is 0.857. The lowest BCUT2D eigenvalue weighted by atomic mass is 9.57. The van der Waals surface area contributed by atoms with Crippen LogP contribution in [0.5, 0.6) is 0 Å². The van der Waals surface area contributed by atoms with E-state index in [1.807, 2.05) is 41.5 Å². The fourth-order valence-electron chi connectivity index (χ4n) is 9.33. The number of carbonyl (C=O) groups is 4. The maximum Gasteiger partial charge on any atom is 0.407 e. The largest absolute Gasteiger partial charge is 0.461 e. The second kappa shape index (κ2) is 20.1. The molecule has 4 rings (SSSR count). The quantitative estimate of drug-likeness (QED) is 0.0664. The molecule has 3 saturated carbocycles. The molecule has 2 N–H and O–H groups in total. The number of esters is 1. The van der Waals surface area contributed by atoms with E-state index in [1.165, 1.54) is 44.1 Å². The minimum absolute atomic E-state index is 0.0158. The average molecular weight is 730 g/mol. The van der Waals surface area contributed by atoms with Gasteiger partial charge in [0.2, 0.25) is 5.91 Å². The number of alkyl carbamates (subject to hydrolysis) is 2. The summed E-state index contributed by atoms with van der Waals surface area (Å²) in [5.74, 6) is 3.90. The third-order valence-electron chi connectivity index (χ3n) is 11.6. The zero-order valence-electron chi connectivity index (χ0n) is 33.4. The Morgan fingerprint density at radius 3 is 2.02 bits per heavy atom. The topological polar surface area (TPSA) is 123 Å². The van der Waals surface area contributed by atoms with Gasteiger partial charge in [-0.25, -0.2) is 9.59 Å². The Kier molecular flexibility index (Phi) is 16.2. The smallest absolute Gasteiger partial charge is 0.407 e. The van der Waals surface area contributed by atoms with E-state index < -0.39 is 17.3 Å². The molecule has 6 unspecified atom stereocenters. The van der Waals surface area contributed by atoms with Crippen molar-refractivity contribution in [3.05, 3.63) is 11.6 Å². The van der Waals surface area contributed by atoms with Gasteiger partial charge in [0.05, 0.1) is 0 Å². The summed E-state index contributed by atoms with van der Waals surface area (Å²) in [6.07, 6.45) is 20.0. The van der Waals surface area contributed by atoms with E-state index in [2.05, 4.69) is 16.7 Å². The third kappa shape index (κ3) is 14.2. The van der Waals surface area contributed by atoms with E-state index >= 15 is 0 Å². The highest BCUT2D eigenvalue weighted by Gasteiger charge is 2.47. The second-order valence-corrected chi connectivity index (χ2v) is 18.0. The summed E-state index contributed by atoms with van der Waals surface area (Å²) in [4.78, 5) is 52.2. The third-order valence-corrected chi connectivity index (χ3v) is 11.6. The molecule has 3 fully saturated rings. The van der Waals surface area contributed by atoms with Crippen molar-refractivity contribution in [2.75, 3.05) is 26.2 Å². The monoisotopic (exact) mass is 730 g/mol. The predicted octanol–water partition coefficient (Wildman–Crippen LogP) is 8.86. The van der Waals surface area contributed by atoms with E-state index in [1.54, 1.807) is 4.90 Å². The number of nitrogens with zero attached hydrogens (tertiary/aromatic N) is 1. The van der Waals surface area contributed by atoms with Crippen molar-refractivity contribution in [2.24, 2.45) is 29.6 Å². The van der Waals surface area contributed by atoms with Gasteiger partial charge in [0.25, 0.3) is 0 Å². The van der Waals surface area contributed by atoms with Crippen molar-refractivity contribution in [1.29, 1.82) is 0 Å². The number of ether oxygens (including phenoxy) is 3. The first-order chi connectivity index (χ1) is 24.7. The van der Waals surface area contributed by atoms with E-state index in [9.17, 15) is 19.2 Å². The number of nitrogens with one attached hydrogen (secondary N) is 2. The maximum absolute atomic E-state index is 13.4. The van der Waals surface area contributed by atoms with Gasteiger partial charge in [-0.3, -0.25) is 9.59 Å². The number of allylic oxidation sites excluding steroid dienone is 1. The maximum atomic E-state index is 13.4. The molecule has 0 aromatic rings. The van der Waals surface area contributed by atoms with Gasteiger partial charge in [0.15, 0.2) is 0 Å². The van der Waals surface area contributed by atoms with Gasteiger partial charge in [-0.15, -0.1) is 0 Å². The van der Waals surface area contributed by atoms with Crippen LogP contribution in [0.4, 0.5) is 9.59 Å². The lowest BCUT2D eigenvalue weighted by molar-refractivity contribution is -0.155. The van der Waals surface area contributed by atoms with Crippen molar-refractivity contribution in [2.45, 2.75) is 174 Å². The number of carbonyl (C=O) groups excluding carboxylic acids is 4. The molecule has 0 radical (unpaired) electrons. The van der Waals surface area contributed by atoms with Crippen LogP contribution in [0.25, 0.3) is 0 Å². The Morgan fingerprint density at radius 1 is 0.712 bits per heavy atom. The average Bonchev–Trinajstić information content (AvgIpc) is 3.54. The minimum atomic E-state index is -0.557. The zero-order valence-corrected chi connectivity index (χ0v) is 33.4. The van der Waals surface area contributed by atoms with Crippen LogP contribution in [0.2, 0.25) is 0 Å². The number of hydrogen-bond acceptors (Lipinski definition) is 7. The molecular formula is C42H71N3O7. The summed E-state index contributed by atoms with van der Waals surface area (Å²) in [6, 6.07) is 0. The molecule has 0 aromatic heterocycles. The van der Waals surface area contributed by atoms with Gasteiger partial charge in [0, 0.05) is 32.5 Å². The highest BCUT2D eigenvalue weighted by atomic mass is 16.6. The molecular weight excluding hydrogens is 658 g/mol. The number of amides is 3. The van der Waals surface area contributed by atoms with Crippen LogP contribution in [0.15, 0.2) is 11.6 Å². The van der Waals surface area contributed by atoms with Crippen LogP contribution in [-0.4, -0.2) is 72.4 Å². The van der Waals surface area contributed by atoms with Crippen molar-refractivity contribution in [1.82, 2.24) is 15.5 Å². The van der Waals surface area contributed by atoms with Crippen molar-refractivity contribution >= 4 is 24.1 Å². The fourth-order valence-corrected chi connectivity index (χ4v) is 9.33. The molecule has 6 atom stereocenters.